The quantitative estimate of drug-likeness (QED) is 0.869. The summed E-state index contributed by atoms with van der Waals surface area (Å²) in [5, 5.41) is 9.33. The fourth-order valence-electron chi connectivity index (χ4n) is 1.34. The molecular formula is C13H12INO2. The second kappa shape index (κ2) is 5.46. The van der Waals surface area contributed by atoms with Crippen LogP contribution in [0.4, 0.5) is 0 Å². The van der Waals surface area contributed by atoms with Crippen LogP contribution in [-0.2, 0) is 0 Å². The van der Waals surface area contributed by atoms with Gasteiger partial charge in [0.15, 0.2) is 0 Å². The molecule has 88 valence electrons. The van der Waals surface area contributed by atoms with Crippen molar-refractivity contribution in [3.8, 4) is 11.5 Å². The summed E-state index contributed by atoms with van der Waals surface area (Å²) in [5.41, 5.74) is 0.639. The van der Waals surface area contributed by atoms with Crippen LogP contribution in [-0.4, -0.2) is 10.1 Å². The normalized spacial score (nSPS) is 12.2. The Labute approximate surface area is 114 Å². The van der Waals surface area contributed by atoms with E-state index in [4.69, 9.17) is 4.74 Å². The molecule has 0 spiro atoms. The van der Waals surface area contributed by atoms with Gasteiger partial charge in [-0.1, -0.05) is 0 Å². The van der Waals surface area contributed by atoms with Gasteiger partial charge in [-0.25, -0.2) is 0 Å². The van der Waals surface area contributed by atoms with Gasteiger partial charge in [-0.15, -0.1) is 0 Å². The third-order valence-electron chi connectivity index (χ3n) is 2.24. The largest absolute Gasteiger partial charge is 0.456 e. The van der Waals surface area contributed by atoms with Crippen molar-refractivity contribution in [3.05, 3.63) is 51.9 Å². The smallest absolute Gasteiger partial charge is 0.145 e. The fraction of sp³-hybridized carbons (Fsp3) is 0.154. The summed E-state index contributed by atoms with van der Waals surface area (Å²) in [6, 6.07) is 11.3. The monoisotopic (exact) mass is 341 g/mol. The molecule has 1 aromatic carbocycles. The second-order valence-corrected chi connectivity index (χ2v) is 4.90. The van der Waals surface area contributed by atoms with Crippen LogP contribution in [0.15, 0.2) is 42.6 Å². The molecule has 1 atom stereocenters. The van der Waals surface area contributed by atoms with Crippen molar-refractivity contribution in [3.63, 3.8) is 0 Å². The summed E-state index contributed by atoms with van der Waals surface area (Å²) < 4.78 is 6.78. The Bertz CT molecular complexity index is 480. The van der Waals surface area contributed by atoms with E-state index in [1.54, 1.807) is 25.3 Å². The minimum atomic E-state index is -0.553. The van der Waals surface area contributed by atoms with Crippen LogP contribution in [0.1, 0.15) is 18.7 Å². The van der Waals surface area contributed by atoms with Crippen molar-refractivity contribution in [2.45, 2.75) is 13.0 Å². The van der Waals surface area contributed by atoms with E-state index in [9.17, 15) is 5.11 Å². The van der Waals surface area contributed by atoms with Gasteiger partial charge in [0.05, 0.1) is 18.0 Å². The van der Waals surface area contributed by atoms with Crippen LogP contribution in [0.25, 0.3) is 0 Å². The highest BCUT2D eigenvalue weighted by atomic mass is 127. The summed E-state index contributed by atoms with van der Waals surface area (Å²) >= 11 is 2.24. The molecule has 0 aliphatic rings. The van der Waals surface area contributed by atoms with Crippen LogP contribution in [0, 0.1) is 3.57 Å². The first kappa shape index (κ1) is 12.3. The zero-order valence-corrected chi connectivity index (χ0v) is 11.5. The van der Waals surface area contributed by atoms with E-state index < -0.39 is 6.10 Å². The average molecular weight is 341 g/mol. The molecule has 0 saturated heterocycles. The van der Waals surface area contributed by atoms with Crippen LogP contribution < -0.4 is 4.74 Å². The first-order chi connectivity index (χ1) is 8.15. The Hall–Kier alpha value is -1.14. The number of halogens is 1. The number of aliphatic hydroxyl groups excluding tert-OH is 1. The maximum absolute atomic E-state index is 9.33. The molecule has 0 aliphatic heterocycles. The molecular weight excluding hydrogens is 329 g/mol. The molecule has 0 bridgehead atoms. The van der Waals surface area contributed by atoms with Crippen LogP contribution in [0.2, 0.25) is 0 Å². The van der Waals surface area contributed by atoms with Gasteiger partial charge in [0.2, 0.25) is 0 Å². The second-order valence-electron chi connectivity index (χ2n) is 3.65. The van der Waals surface area contributed by atoms with Crippen molar-refractivity contribution in [1.29, 1.82) is 0 Å². The molecule has 0 radical (unpaired) electrons. The Morgan fingerprint density at radius 2 is 1.76 bits per heavy atom. The average Bonchev–Trinajstić information content (AvgIpc) is 2.33. The molecule has 4 heteroatoms. The Morgan fingerprint density at radius 3 is 2.29 bits per heavy atom. The molecule has 1 heterocycles. The van der Waals surface area contributed by atoms with Crippen molar-refractivity contribution < 1.29 is 9.84 Å². The number of hydrogen-bond donors (Lipinski definition) is 1. The summed E-state index contributed by atoms with van der Waals surface area (Å²) in [5.74, 6) is 1.44. The fourth-order valence-corrected chi connectivity index (χ4v) is 1.70. The minimum Gasteiger partial charge on any atom is -0.456 e. The van der Waals surface area contributed by atoms with Crippen LogP contribution in [0.5, 0.6) is 11.5 Å². The first-order valence-corrected chi connectivity index (χ1v) is 6.30. The van der Waals surface area contributed by atoms with E-state index in [0.717, 1.165) is 9.32 Å². The van der Waals surface area contributed by atoms with E-state index in [-0.39, 0.29) is 0 Å². The number of aliphatic hydroxyl groups is 1. The minimum absolute atomic E-state index is 0.553. The molecule has 2 rings (SSSR count). The third kappa shape index (κ3) is 3.41. The SMILES string of the molecule is CC(O)c1ccc(Oc2ccc(I)cc2)cn1. The summed E-state index contributed by atoms with van der Waals surface area (Å²) in [6.07, 6.45) is 1.06. The van der Waals surface area contributed by atoms with E-state index in [1.807, 2.05) is 24.3 Å². The molecule has 1 aromatic heterocycles. The lowest BCUT2D eigenvalue weighted by Crippen LogP contribution is -1.95. The highest BCUT2D eigenvalue weighted by Crippen LogP contribution is 2.22. The van der Waals surface area contributed by atoms with Crippen molar-refractivity contribution in [2.24, 2.45) is 0 Å². The molecule has 0 fully saturated rings. The number of hydrogen-bond acceptors (Lipinski definition) is 3. The Balaban J connectivity index is 2.11. The van der Waals surface area contributed by atoms with Gasteiger partial charge in [-0.2, -0.15) is 0 Å². The lowest BCUT2D eigenvalue weighted by atomic mass is 10.2. The number of aromatic nitrogens is 1. The Morgan fingerprint density at radius 1 is 1.12 bits per heavy atom. The first-order valence-electron chi connectivity index (χ1n) is 5.22. The molecule has 1 unspecified atom stereocenters. The lowest BCUT2D eigenvalue weighted by molar-refractivity contribution is 0.194. The molecule has 1 N–H and O–H groups in total. The molecule has 2 aromatic rings. The van der Waals surface area contributed by atoms with Crippen LogP contribution in [0.3, 0.4) is 0 Å². The molecule has 0 aliphatic carbocycles. The van der Waals surface area contributed by atoms with Gasteiger partial charge in [0.1, 0.15) is 11.5 Å². The van der Waals surface area contributed by atoms with Gasteiger partial charge in [-0.05, 0) is 65.9 Å². The van der Waals surface area contributed by atoms with Crippen molar-refractivity contribution >= 4 is 22.6 Å². The highest BCUT2D eigenvalue weighted by Gasteiger charge is 2.03. The number of rotatable bonds is 3. The molecule has 0 amide bonds. The van der Waals surface area contributed by atoms with Crippen molar-refractivity contribution in [1.82, 2.24) is 4.98 Å². The highest BCUT2D eigenvalue weighted by molar-refractivity contribution is 14.1. The topological polar surface area (TPSA) is 42.4 Å². The van der Waals surface area contributed by atoms with Gasteiger partial charge >= 0.3 is 0 Å². The van der Waals surface area contributed by atoms with E-state index in [0.29, 0.717) is 11.4 Å². The zero-order chi connectivity index (χ0) is 12.3. The standard InChI is InChI=1S/C13H12INO2/c1-9(16)13-7-6-12(8-15-13)17-11-4-2-10(14)3-5-11/h2-9,16H,1H3. The summed E-state index contributed by atoms with van der Waals surface area (Å²) in [7, 11) is 0. The maximum Gasteiger partial charge on any atom is 0.145 e. The summed E-state index contributed by atoms with van der Waals surface area (Å²) in [4.78, 5) is 4.12. The predicted molar refractivity (Wildman–Crippen MR) is 74.1 cm³/mol. The van der Waals surface area contributed by atoms with Gasteiger partial charge in [0, 0.05) is 3.57 Å². The van der Waals surface area contributed by atoms with E-state index in [1.165, 1.54) is 0 Å². The molecule has 0 saturated carbocycles. The number of nitrogens with zero attached hydrogens (tertiary/aromatic N) is 1. The number of pyridine rings is 1. The zero-order valence-electron chi connectivity index (χ0n) is 9.30. The predicted octanol–water partition coefficient (Wildman–Crippen LogP) is 3.53. The Kier molecular flexibility index (Phi) is 3.96. The third-order valence-corrected chi connectivity index (χ3v) is 2.96. The summed E-state index contributed by atoms with van der Waals surface area (Å²) in [6.45, 7) is 1.68. The number of ether oxygens (including phenoxy) is 1. The maximum atomic E-state index is 9.33. The lowest BCUT2D eigenvalue weighted by Gasteiger charge is -2.07. The van der Waals surface area contributed by atoms with Crippen LogP contribution >= 0.6 is 22.6 Å². The van der Waals surface area contributed by atoms with Gasteiger partial charge in [-0.3, -0.25) is 4.98 Å². The van der Waals surface area contributed by atoms with Gasteiger partial charge in [0.25, 0.3) is 0 Å². The van der Waals surface area contributed by atoms with E-state index in [2.05, 4.69) is 27.6 Å². The molecule has 17 heavy (non-hydrogen) atoms. The molecule has 3 nitrogen and oxygen atoms in total. The van der Waals surface area contributed by atoms with Gasteiger partial charge < -0.3 is 9.84 Å². The number of benzene rings is 1. The van der Waals surface area contributed by atoms with Crippen molar-refractivity contribution in [2.75, 3.05) is 0 Å². The van der Waals surface area contributed by atoms with E-state index >= 15 is 0 Å².